The zero-order valence-corrected chi connectivity index (χ0v) is 9.49. The van der Waals surface area contributed by atoms with E-state index in [0.29, 0.717) is 0 Å². The Morgan fingerprint density at radius 2 is 2.14 bits per heavy atom. The zero-order valence-electron chi connectivity index (χ0n) is 9.49. The van der Waals surface area contributed by atoms with Crippen LogP contribution in [0, 0.1) is 0 Å². The third kappa shape index (κ3) is 3.14. The molecule has 14 heavy (non-hydrogen) atoms. The molecule has 3 nitrogen and oxygen atoms in total. The van der Waals surface area contributed by atoms with Crippen LogP contribution >= 0.6 is 0 Å². The Kier molecular flexibility index (Phi) is 3.32. The summed E-state index contributed by atoms with van der Waals surface area (Å²) in [6.45, 7) is 9.03. The van der Waals surface area contributed by atoms with E-state index >= 15 is 0 Å². The number of aliphatic hydroxyl groups is 1. The first-order chi connectivity index (χ1) is 6.39. The Labute approximate surface area is 85.8 Å². The van der Waals surface area contributed by atoms with Crippen LogP contribution in [0.2, 0.25) is 0 Å². The summed E-state index contributed by atoms with van der Waals surface area (Å²) >= 11 is 0. The molecule has 0 radical (unpaired) electrons. The molecule has 1 aromatic heterocycles. The predicted octanol–water partition coefficient (Wildman–Crippen LogP) is 1.95. The first-order valence-electron chi connectivity index (χ1n) is 5.11. The highest BCUT2D eigenvalue weighted by molar-refractivity contribution is 5.10. The van der Waals surface area contributed by atoms with Gasteiger partial charge in [-0.05, 0) is 19.4 Å². The van der Waals surface area contributed by atoms with Gasteiger partial charge in [0.25, 0.3) is 0 Å². The molecule has 0 saturated carbocycles. The fourth-order valence-electron chi connectivity index (χ4n) is 1.21. The second-order valence-corrected chi connectivity index (χ2v) is 4.85. The van der Waals surface area contributed by atoms with Gasteiger partial charge in [-0.15, -0.1) is 0 Å². The lowest BCUT2D eigenvalue weighted by Crippen LogP contribution is -2.14. The second kappa shape index (κ2) is 4.13. The minimum absolute atomic E-state index is 0.107. The van der Waals surface area contributed by atoms with Crippen molar-refractivity contribution in [2.24, 2.45) is 0 Å². The van der Waals surface area contributed by atoms with Gasteiger partial charge in [0.1, 0.15) is 0 Å². The molecule has 1 aromatic rings. The van der Waals surface area contributed by atoms with Gasteiger partial charge in [0, 0.05) is 18.2 Å². The lowest BCUT2D eigenvalue weighted by Gasteiger charge is -2.14. The van der Waals surface area contributed by atoms with Crippen LogP contribution in [0.1, 0.15) is 39.8 Å². The molecule has 1 rings (SSSR count). The highest BCUT2D eigenvalue weighted by atomic mass is 16.3. The Balaban J connectivity index is 2.60. The molecular weight excluding hydrogens is 176 g/mol. The molecule has 0 aliphatic heterocycles. The van der Waals surface area contributed by atoms with Gasteiger partial charge in [-0.2, -0.15) is 5.10 Å². The Morgan fingerprint density at radius 1 is 1.50 bits per heavy atom. The molecule has 0 unspecified atom stereocenters. The maximum absolute atomic E-state index is 9.14. The van der Waals surface area contributed by atoms with Crippen molar-refractivity contribution in [3.63, 3.8) is 0 Å². The number of nitrogens with zero attached hydrogens (tertiary/aromatic N) is 2. The molecular formula is C11H20N2O. The lowest BCUT2D eigenvalue weighted by atomic mass is 9.93. The summed E-state index contributed by atoms with van der Waals surface area (Å²) in [5, 5.41) is 13.6. The molecule has 1 N–H and O–H groups in total. The summed E-state index contributed by atoms with van der Waals surface area (Å²) in [7, 11) is 0. The van der Waals surface area contributed by atoms with Crippen molar-refractivity contribution in [3.05, 3.63) is 18.0 Å². The maximum Gasteiger partial charge on any atom is 0.0677 e. The van der Waals surface area contributed by atoms with E-state index in [0.717, 1.165) is 18.7 Å². The zero-order chi connectivity index (χ0) is 10.8. The average Bonchev–Trinajstić information content (AvgIpc) is 2.47. The summed E-state index contributed by atoms with van der Waals surface area (Å²) in [5.41, 5.74) is 1.21. The molecule has 80 valence electrons. The first kappa shape index (κ1) is 11.2. The van der Waals surface area contributed by atoms with Gasteiger partial charge in [0.15, 0.2) is 0 Å². The molecule has 0 aliphatic rings. The van der Waals surface area contributed by atoms with Crippen LogP contribution in [0.4, 0.5) is 0 Å². The minimum atomic E-state index is -0.253. The van der Waals surface area contributed by atoms with E-state index in [1.807, 2.05) is 16.9 Å². The summed E-state index contributed by atoms with van der Waals surface area (Å²) in [4.78, 5) is 0. The molecule has 0 aromatic carbocycles. The highest BCUT2D eigenvalue weighted by Gasteiger charge is 2.16. The Hall–Kier alpha value is -0.830. The van der Waals surface area contributed by atoms with Crippen molar-refractivity contribution in [2.45, 2.75) is 52.2 Å². The topological polar surface area (TPSA) is 38.0 Å². The normalized spacial score (nSPS) is 14.4. The van der Waals surface area contributed by atoms with Gasteiger partial charge in [-0.1, -0.05) is 20.8 Å². The average molecular weight is 196 g/mol. The van der Waals surface area contributed by atoms with E-state index in [9.17, 15) is 0 Å². The van der Waals surface area contributed by atoms with Crippen LogP contribution in [0.3, 0.4) is 0 Å². The third-order valence-electron chi connectivity index (χ3n) is 2.19. The summed E-state index contributed by atoms with van der Waals surface area (Å²) in [5.74, 6) is 0. The van der Waals surface area contributed by atoms with Gasteiger partial charge in [0.2, 0.25) is 0 Å². The summed E-state index contributed by atoms with van der Waals surface area (Å²) < 4.78 is 1.90. The standard InChI is InChI=1S/C11H20N2O/c1-9(14)5-7-13-8-6-10(12-13)11(2,3)4/h6,8-9,14H,5,7H2,1-4H3/t9-/m1/s1. The second-order valence-electron chi connectivity index (χ2n) is 4.85. The molecule has 1 heterocycles. The lowest BCUT2D eigenvalue weighted by molar-refractivity contribution is 0.176. The van der Waals surface area contributed by atoms with Gasteiger partial charge in [0.05, 0.1) is 11.8 Å². The molecule has 0 amide bonds. The molecule has 3 heteroatoms. The van der Waals surface area contributed by atoms with Gasteiger partial charge in [-0.3, -0.25) is 4.68 Å². The number of aliphatic hydroxyl groups excluding tert-OH is 1. The van der Waals surface area contributed by atoms with Crippen molar-refractivity contribution < 1.29 is 5.11 Å². The third-order valence-corrected chi connectivity index (χ3v) is 2.19. The molecule has 0 saturated heterocycles. The van der Waals surface area contributed by atoms with E-state index in [4.69, 9.17) is 5.11 Å². The Morgan fingerprint density at radius 3 is 2.57 bits per heavy atom. The van der Waals surface area contributed by atoms with Gasteiger partial charge < -0.3 is 5.11 Å². The van der Waals surface area contributed by atoms with Crippen LogP contribution in [-0.2, 0) is 12.0 Å². The maximum atomic E-state index is 9.14. The van der Waals surface area contributed by atoms with Crippen LogP contribution < -0.4 is 0 Å². The van der Waals surface area contributed by atoms with Crippen LogP contribution in [0.15, 0.2) is 12.3 Å². The van der Waals surface area contributed by atoms with Crippen LogP contribution in [-0.4, -0.2) is 21.0 Å². The number of aromatic nitrogens is 2. The molecule has 0 fully saturated rings. The SMILES string of the molecule is C[C@@H](O)CCn1ccc(C(C)(C)C)n1. The number of rotatable bonds is 3. The predicted molar refractivity (Wildman–Crippen MR) is 57.2 cm³/mol. The monoisotopic (exact) mass is 196 g/mol. The van der Waals surface area contributed by atoms with Crippen molar-refractivity contribution in [1.29, 1.82) is 0 Å². The van der Waals surface area contributed by atoms with E-state index in [-0.39, 0.29) is 11.5 Å². The molecule has 1 atom stereocenters. The van der Waals surface area contributed by atoms with E-state index in [1.165, 1.54) is 0 Å². The fraction of sp³-hybridized carbons (Fsp3) is 0.727. The summed E-state index contributed by atoms with van der Waals surface area (Å²) in [6.07, 6.45) is 2.48. The first-order valence-corrected chi connectivity index (χ1v) is 5.11. The molecule has 0 aliphatic carbocycles. The van der Waals surface area contributed by atoms with E-state index < -0.39 is 0 Å². The number of hydrogen-bond donors (Lipinski definition) is 1. The van der Waals surface area contributed by atoms with Crippen molar-refractivity contribution in [3.8, 4) is 0 Å². The molecule has 0 bridgehead atoms. The van der Waals surface area contributed by atoms with Gasteiger partial charge in [-0.25, -0.2) is 0 Å². The number of hydrogen-bond acceptors (Lipinski definition) is 2. The number of aryl methyl sites for hydroxylation is 1. The smallest absolute Gasteiger partial charge is 0.0677 e. The van der Waals surface area contributed by atoms with Crippen molar-refractivity contribution in [1.82, 2.24) is 9.78 Å². The highest BCUT2D eigenvalue weighted by Crippen LogP contribution is 2.19. The minimum Gasteiger partial charge on any atom is -0.393 e. The summed E-state index contributed by atoms with van der Waals surface area (Å²) in [6, 6.07) is 2.04. The van der Waals surface area contributed by atoms with E-state index in [1.54, 1.807) is 6.92 Å². The largest absolute Gasteiger partial charge is 0.393 e. The van der Waals surface area contributed by atoms with E-state index in [2.05, 4.69) is 25.9 Å². The Bertz CT molecular complexity index is 284. The van der Waals surface area contributed by atoms with Crippen LogP contribution in [0.25, 0.3) is 0 Å². The van der Waals surface area contributed by atoms with Crippen molar-refractivity contribution in [2.75, 3.05) is 0 Å². The molecule has 0 spiro atoms. The fourth-order valence-corrected chi connectivity index (χ4v) is 1.21. The van der Waals surface area contributed by atoms with Crippen LogP contribution in [0.5, 0.6) is 0 Å². The quantitative estimate of drug-likeness (QED) is 0.802. The van der Waals surface area contributed by atoms with Gasteiger partial charge >= 0.3 is 0 Å². The van der Waals surface area contributed by atoms with Crippen molar-refractivity contribution >= 4 is 0 Å².